The van der Waals surface area contributed by atoms with Crippen molar-refractivity contribution in [2.45, 2.75) is 19.4 Å². The Morgan fingerprint density at radius 3 is 2.39 bits per heavy atom. The average molecular weight is 413 g/mol. The number of benzene rings is 2. The van der Waals surface area contributed by atoms with E-state index in [2.05, 4.69) is 15.1 Å². The van der Waals surface area contributed by atoms with E-state index in [1.165, 1.54) is 7.11 Å². The number of hydrogen-bond donors (Lipinski definition) is 1. The standard InChI is InChI=1S/C25H23N3O3/c1-17(23(25(30)31-3)16-18-5-4-6-22(15-18)26-2)28-24(29)21-9-7-19(8-10-21)20-11-13-27-14-12-20/h4-15,17,23H,16H2,1,3H3,(H,28,29). The summed E-state index contributed by atoms with van der Waals surface area (Å²) in [4.78, 5) is 32.6. The van der Waals surface area contributed by atoms with E-state index in [1.54, 1.807) is 49.6 Å². The molecule has 0 saturated heterocycles. The van der Waals surface area contributed by atoms with Crippen LogP contribution in [-0.4, -0.2) is 30.0 Å². The molecule has 6 heteroatoms. The largest absolute Gasteiger partial charge is 0.469 e. The molecule has 0 aliphatic carbocycles. The monoisotopic (exact) mass is 413 g/mol. The lowest BCUT2D eigenvalue weighted by molar-refractivity contribution is -0.146. The Bertz CT molecular complexity index is 1090. The first-order chi connectivity index (χ1) is 15.0. The number of ether oxygens (including phenoxy) is 1. The molecule has 0 radical (unpaired) electrons. The number of hydrogen-bond acceptors (Lipinski definition) is 4. The normalized spacial score (nSPS) is 12.3. The Morgan fingerprint density at radius 2 is 1.74 bits per heavy atom. The predicted molar refractivity (Wildman–Crippen MR) is 119 cm³/mol. The van der Waals surface area contributed by atoms with E-state index in [1.807, 2.05) is 30.3 Å². The molecule has 1 heterocycles. The number of nitrogens with one attached hydrogen (secondary N) is 1. The van der Waals surface area contributed by atoms with Gasteiger partial charge in [0.15, 0.2) is 5.69 Å². The summed E-state index contributed by atoms with van der Waals surface area (Å²) in [7, 11) is 1.33. The van der Waals surface area contributed by atoms with E-state index in [0.29, 0.717) is 17.7 Å². The number of amides is 1. The highest BCUT2D eigenvalue weighted by molar-refractivity contribution is 5.95. The van der Waals surface area contributed by atoms with Crippen LogP contribution in [0.5, 0.6) is 0 Å². The van der Waals surface area contributed by atoms with Crippen LogP contribution >= 0.6 is 0 Å². The first-order valence-corrected chi connectivity index (χ1v) is 9.87. The number of rotatable bonds is 7. The third-order valence-corrected chi connectivity index (χ3v) is 5.12. The molecule has 0 aliphatic heterocycles. The molecule has 0 spiro atoms. The highest BCUT2D eigenvalue weighted by Crippen LogP contribution is 2.21. The van der Waals surface area contributed by atoms with E-state index in [0.717, 1.165) is 16.7 Å². The quantitative estimate of drug-likeness (QED) is 0.459. The van der Waals surface area contributed by atoms with Gasteiger partial charge in [-0.3, -0.25) is 14.6 Å². The summed E-state index contributed by atoms with van der Waals surface area (Å²) in [5.74, 6) is -1.25. The van der Waals surface area contributed by atoms with Crippen molar-refractivity contribution in [2.75, 3.05) is 7.11 Å². The minimum atomic E-state index is -0.578. The first kappa shape index (κ1) is 21.7. The molecule has 0 bridgehead atoms. The van der Waals surface area contributed by atoms with Crippen LogP contribution in [0.15, 0.2) is 73.1 Å². The average Bonchev–Trinajstić information content (AvgIpc) is 2.82. The smallest absolute Gasteiger partial charge is 0.311 e. The SMILES string of the molecule is [C-]#[N+]c1cccc(CC(C(=O)OC)C(C)NC(=O)c2ccc(-c3ccncc3)cc2)c1. The van der Waals surface area contributed by atoms with Gasteiger partial charge in [-0.1, -0.05) is 42.0 Å². The van der Waals surface area contributed by atoms with Crippen molar-refractivity contribution in [3.8, 4) is 11.1 Å². The van der Waals surface area contributed by atoms with Crippen LogP contribution < -0.4 is 5.32 Å². The van der Waals surface area contributed by atoms with E-state index in [-0.39, 0.29) is 5.91 Å². The second kappa shape index (κ2) is 10.2. The molecule has 1 aromatic heterocycles. The van der Waals surface area contributed by atoms with E-state index in [9.17, 15) is 9.59 Å². The van der Waals surface area contributed by atoms with Crippen LogP contribution in [0.2, 0.25) is 0 Å². The predicted octanol–water partition coefficient (Wildman–Crippen LogP) is 4.45. The summed E-state index contributed by atoms with van der Waals surface area (Å²) < 4.78 is 4.96. The molecule has 0 fully saturated rings. The molecule has 0 aliphatic rings. The fraction of sp³-hybridized carbons (Fsp3) is 0.200. The molecule has 1 amide bonds. The van der Waals surface area contributed by atoms with Gasteiger partial charge in [0, 0.05) is 24.0 Å². The minimum Gasteiger partial charge on any atom is -0.469 e. The lowest BCUT2D eigenvalue weighted by Gasteiger charge is -2.23. The maximum absolute atomic E-state index is 12.8. The maximum Gasteiger partial charge on any atom is 0.311 e. The summed E-state index contributed by atoms with van der Waals surface area (Å²) in [5.41, 5.74) is 3.85. The third kappa shape index (κ3) is 5.55. The molecule has 31 heavy (non-hydrogen) atoms. The molecule has 156 valence electrons. The summed E-state index contributed by atoms with van der Waals surface area (Å²) in [6, 6.07) is 17.7. The van der Waals surface area contributed by atoms with Crippen molar-refractivity contribution >= 4 is 17.6 Å². The third-order valence-electron chi connectivity index (χ3n) is 5.12. The van der Waals surface area contributed by atoms with Gasteiger partial charge >= 0.3 is 5.97 Å². The summed E-state index contributed by atoms with van der Waals surface area (Å²) in [6.07, 6.45) is 3.80. The summed E-state index contributed by atoms with van der Waals surface area (Å²) in [5, 5.41) is 2.91. The minimum absolute atomic E-state index is 0.266. The zero-order chi connectivity index (χ0) is 22.2. The number of nitrogens with zero attached hydrogens (tertiary/aromatic N) is 2. The lowest BCUT2D eigenvalue weighted by atomic mass is 9.92. The van der Waals surface area contributed by atoms with Crippen molar-refractivity contribution in [3.63, 3.8) is 0 Å². The van der Waals surface area contributed by atoms with Gasteiger partial charge < -0.3 is 10.1 Å². The Hall–Kier alpha value is -3.98. The Labute approximate surface area is 181 Å². The number of carbonyl (C=O) groups is 2. The van der Waals surface area contributed by atoms with Gasteiger partial charge in [0.25, 0.3) is 5.91 Å². The Kier molecular flexibility index (Phi) is 7.13. The number of carbonyl (C=O) groups excluding carboxylic acids is 2. The van der Waals surface area contributed by atoms with Gasteiger partial charge in [0.1, 0.15) is 0 Å². The van der Waals surface area contributed by atoms with E-state index >= 15 is 0 Å². The highest BCUT2D eigenvalue weighted by atomic mass is 16.5. The Balaban J connectivity index is 1.71. The molecule has 3 rings (SSSR count). The molecule has 0 saturated carbocycles. The van der Waals surface area contributed by atoms with Crippen molar-refractivity contribution in [2.24, 2.45) is 5.92 Å². The maximum atomic E-state index is 12.8. The van der Waals surface area contributed by atoms with Gasteiger partial charge in [0.2, 0.25) is 0 Å². The van der Waals surface area contributed by atoms with Crippen LogP contribution in [0.25, 0.3) is 16.0 Å². The van der Waals surface area contributed by atoms with Crippen LogP contribution in [0.1, 0.15) is 22.8 Å². The molecule has 2 unspecified atom stereocenters. The highest BCUT2D eigenvalue weighted by Gasteiger charge is 2.28. The number of methoxy groups -OCH3 is 1. The summed E-state index contributed by atoms with van der Waals surface area (Å²) in [6.45, 7) is 8.94. The topological polar surface area (TPSA) is 72.7 Å². The number of pyridine rings is 1. The van der Waals surface area contributed by atoms with E-state index < -0.39 is 17.9 Å². The van der Waals surface area contributed by atoms with Crippen molar-refractivity contribution in [1.82, 2.24) is 10.3 Å². The molecular formula is C25H23N3O3. The Morgan fingerprint density at radius 1 is 1.06 bits per heavy atom. The van der Waals surface area contributed by atoms with Gasteiger partial charge in [-0.25, -0.2) is 4.85 Å². The van der Waals surface area contributed by atoms with Crippen LogP contribution in [0, 0.1) is 12.5 Å². The first-order valence-electron chi connectivity index (χ1n) is 9.87. The van der Waals surface area contributed by atoms with Crippen LogP contribution in [0.3, 0.4) is 0 Å². The van der Waals surface area contributed by atoms with Crippen molar-refractivity contribution in [3.05, 3.63) is 95.6 Å². The fourth-order valence-electron chi connectivity index (χ4n) is 3.37. The molecule has 2 aromatic carbocycles. The molecule has 1 N–H and O–H groups in total. The fourth-order valence-corrected chi connectivity index (χ4v) is 3.37. The van der Waals surface area contributed by atoms with Crippen LogP contribution in [0.4, 0.5) is 5.69 Å². The van der Waals surface area contributed by atoms with Crippen molar-refractivity contribution < 1.29 is 14.3 Å². The van der Waals surface area contributed by atoms with Crippen LogP contribution in [-0.2, 0) is 16.0 Å². The molecule has 6 nitrogen and oxygen atoms in total. The van der Waals surface area contributed by atoms with Gasteiger partial charge in [-0.2, -0.15) is 0 Å². The molecular weight excluding hydrogens is 390 g/mol. The summed E-state index contributed by atoms with van der Waals surface area (Å²) >= 11 is 0. The lowest BCUT2D eigenvalue weighted by Crippen LogP contribution is -2.42. The molecule has 2 atom stereocenters. The van der Waals surface area contributed by atoms with Crippen molar-refractivity contribution in [1.29, 1.82) is 0 Å². The van der Waals surface area contributed by atoms with E-state index in [4.69, 9.17) is 11.3 Å². The second-order valence-electron chi connectivity index (χ2n) is 7.19. The number of esters is 1. The van der Waals surface area contributed by atoms with Gasteiger partial charge in [-0.05, 0) is 48.7 Å². The zero-order valence-electron chi connectivity index (χ0n) is 17.4. The second-order valence-corrected chi connectivity index (χ2v) is 7.19. The van der Waals surface area contributed by atoms with Gasteiger partial charge in [0.05, 0.1) is 19.6 Å². The zero-order valence-corrected chi connectivity index (χ0v) is 17.4. The molecule has 3 aromatic rings. The van der Waals surface area contributed by atoms with Gasteiger partial charge in [-0.15, -0.1) is 0 Å². The number of aromatic nitrogens is 1.